The van der Waals surface area contributed by atoms with E-state index in [1.165, 1.54) is 31.2 Å². The van der Waals surface area contributed by atoms with Crippen LogP contribution >= 0.6 is 0 Å². The van der Waals surface area contributed by atoms with Crippen molar-refractivity contribution in [2.45, 2.75) is 38.1 Å². The number of nitrogens with one attached hydrogen (secondary N) is 2. The summed E-state index contributed by atoms with van der Waals surface area (Å²) >= 11 is 0. The van der Waals surface area contributed by atoms with Crippen molar-refractivity contribution in [3.63, 3.8) is 0 Å². The fraction of sp³-hybridized carbons (Fsp3) is 0.562. The molecule has 1 atom stereocenters. The van der Waals surface area contributed by atoms with E-state index in [0.717, 1.165) is 25.1 Å². The number of benzene rings is 1. The lowest BCUT2D eigenvalue weighted by Gasteiger charge is -2.26. The number of carbonyl (C=O) groups is 1. The minimum atomic E-state index is -0.161. The van der Waals surface area contributed by atoms with Gasteiger partial charge in [-0.15, -0.1) is 0 Å². The molecule has 1 aliphatic heterocycles. The van der Waals surface area contributed by atoms with Crippen LogP contribution in [0.4, 0.5) is 0 Å². The maximum absolute atomic E-state index is 12.3. The first-order valence-corrected chi connectivity index (χ1v) is 7.43. The van der Waals surface area contributed by atoms with Crippen molar-refractivity contribution >= 4 is 5.91 Å². The fourth-order valence-electron chi connectivity index (χ4n) is 3.30. The van der Waals surface area contributed by atoms with Crippen molar-refractivity contribution in [1.29, 1.82) is 0 Å². The summed E-state index contributed by atoms with van der Waals surface area (Å²) in [7, 11) is 0. The molecule has 1 unspecified atom stereocenters. The van der Waals surface area contributed by atoms with Gasteiger partial charge in [0.25, 0.3) is 0 Å². The zero-order chi connectivity index (χ0) is 13.1. The van der Waals surface area contributed by atoms with E-state index in [2.05, 4.69) is 28.8 Å². The second-order valence-corrected chi connectivity index (χ2v) is 5.73. The summed E-state index contributed by atoms with van der Waals surface area (Å²) in [6.45, 7) is 1.73. The average Bonchev–Trinajstić information content (AvgIpc) is 2.97. The third-order valence-electron chi connectivity index (χ3n) is 4.41. The summed E-state index contributed by atoms with van der Waals surface area (Å²) in [6.07, 6.45) is 6.21. The highest BCUT2D eigenvalue weighted by Crippen LogP contribution is 2.25. The highest BCUT2D eigenvalue weighted by atomic mass is 16.2. The van der Waals surface area contributed by atoms with Gasteiger partial charge in [-0.05, 0) is 36.3 Å². The van der Waals surface area contributed by atoms with Crippen molar-refractivity contribution < 1.29 is 4.79 Å². The molecule has 102 valence electrons. The summed E-state index contributed by atoms with van der Waals surface area (Å²) in [6, 6.07) is 8.11. The van der Waals surface area contributed by atoms with Crippen molar-refractivity contribution in [3.8, 4) is 0 Å². The Labute approximate surface area is 114 Å². The van der Waals surface area contributed by atoms with Gasteiger partial charge in [0.15, 0.2) is 0 Å². The van der Waals surface area contributed by atoms with Gasteiger partial charge in [-0.2, -0.15) is 0 Å². The van der Waals surface area contributed by atoms with Crippen LogP contribution in [0.5, 0.6) is 0 Å². The Kier molecular flexibility index (Phi) is 3.83. The third kappa shape index (κ3) is 2.81. The molecule has 1 aromatic rings. The first-order chi connectivity index (χ1) is 9.34. The SMILES string of the molecule is O=C(NCC1CCCC1)C1NCCc2ccccc21. The molecule has 2 N–H and O–H groups in total. The van der Waals surface area contributed by atoms with E-state index in [1.807, 2.05) is 6.07 Å². The van der Waals surface area contributed by atoms with E-state index < -0.39 is 0 Å². The van der Waals surface area contributed by atoms with E-state index in [9.17, 15) is 4.79 Å². The molecule has 1 aromatic carbocycles. The van der Waals surface area contributed by atoms with Gasteiger partial charge < -0.3 is 10.6 Å². The number of rotatable bonds is 3. The fourth-order valence-corrected chi connectivity index (χ4v) is 3.30. The zero-order valence-corrected chi connectivity index (χ0v) is 11.3. The number of hydrogen-bond acceptors (Lipinski definition) is 2. The molecule has 1 aliphatic carbocycles. The molecule has 3 heteroatoms. The molecule has 0 aromatic heterocycles. The van der Waals surface area contributed by atoms with Gasteiger partial charge in [0.1, 0.15) is 6.04 Å². The molecule has 1 fully saturated rings. The first kappa shape index (κ1) is 12.7. The van der Waals surface area contributed by atoms with Gasteiger partial charge >= 0.3 is 0 Å². The minimum Gasteiger partial charge on any atom is -0.354 e. The zero-order valence-electron chi connectivity index (χ0n) is 11.3. The number of hydrogen-bond donors (Lipinski definition) is 2. The average molecular weight is 258 g/mol. The molecule has 3 nitrogen and oxygen atoms in total. The Hall–Kier alpha value is -1.35. The molecular weight excluding hydrogens is 236 g/mol. The molecular formula is C16H22N2O. The highest BCUT2D eigenvalue weighted by Gasteiger charge is 2.26. The third-order valence-corrected chi connectivity index (χ3v) is 4.41. The molecule has 3 rings (SSSR count). The van der Waals surface area contributed by atoms with E-state index in [4.69, 9.17) is 0 Å². The Morgan fingerprint density at radius 2 is 2.05 bits per heavy atom. The maximum atomic E-state index is 12.3. The molecule has 1 saturated carbocycles. The Bertz CT molecular complexity index is 452. The standard InChI is InChI=1S/C16H22N2O/c19-16(18-11-12-5-1-2-6-12)15-14-8-4-3-7-13(14)9-10-17-15/h3-4,7-8,12,15,17H,1-2,5-6,9-11H2,(H,18,19). The Morgan fingerprint density at radius 1 is 1.26 bits per heavy atom. The summed E-state index contributed by atoms with van der Waals surface area (Å²) in [5.74, 6) is 0.835. The van der Waals surface area contributed by atoms with Crippen molar-refractivity contribution in [1.82, 2.24) is 10.6 Å². The van der Waals surface area contributed by atoms with Crippen molar-refractivity contribution in [2.24, 2.45) is 5.92 Å². The molecule has 1 amide bonds. The Morgan fingerprint density at radius 3 is 2.89 bits per heavy atom. The van der Waals surface area contributed by atoms with Crippen LogP contribution in [0, 0.1) is 5.92 Å². The Balaban J connectivity index is 1.64. The summed E-state index contributed by atoms with van der Waals surface area (Å²) < 4.78 is 0. The molecule has 0 saturated heterocycles. The number of fused-ring (bicyclic) bond motifs is 1. The lowest BCUT2D eigenvalue weighted by atomic mass is 9.94. The summed E-state index contributed by atoms with van der Waals surface area (Å²) in [5.41, 5.74) is 2.46. The van der Waals surface area contributed by atoms with Crippen molar-refractivity contribution in [2.75, 3.05) is 13.1 Å². The maximum Gasteiger partial charge on any atom is 0.241 e. The normalized spacial score (nSPS) is 23.1. The topological polar surface area (TPSA) is 41.1 Å². The van der Waals surface area contributed by atoms with Gasteiger partial charge in [0, 0.05) is 13.1 Å². The second kappa shape index (κ2) is 5.74. The van der Waals surface area contributed by atoms with Crippen LogP contribution in [-0.4, -0.2) is 19.0 Å². The molecule has 0 radical (unpaired) electrons. The van der Waals surface area contributed by atoms with Crippen LogP contribution < -0.4 is 10.6 Å². The van der Waals surface area contributed by atoms with Crippen molar-refractivity contribution in [3.05, 3.63) is 35.4 Å². The van der Waals surface area contributed by atoms with E-state index in [-0.39, 0.29) is 11.9 Å². The second-order valence-electron chi connectivity index (χ2n) is 5.73. The predicted octanol–water partition coefficient (Wildman–Crippen LogP) is 2.18. The summed E-state index contributed by atoms with van der Waals surface area (Å²) in [4.78, 5) is 12.3. The smallest absolute Gasteiger partial charge is 0.241 e. The van der Waals surface area contributed by atoms with Gasteiger partial charge in [0.2, 0.25) is 5.91 Å². The van der Waals surface area contributed by atoms with Crippen LogP contribution in [0.2, 0.25) is 0 Å². The van der Waals surface area contributed by atoms with Gasteiger partial charge in [-0.1, -0.05) is 37.1 Å². The van der Waals surface area contributed by atoms with Crippen LogP contribution in [-0.2, 0) is 11.2 Å². The first-order valence-electron chi connectivity index (χ1n) is 7.43. The van der Waals surface area contributed by atoms with Crippen LogP contribution in [0.25, 0.3) is 0 Å². The molecule has 1 heterocycles. The molecule has 2 aliphatic rings. The van der Waals surface area contributed by atoms with Crippen LogP contribution in [0.15, 0.2) is 24.3 Å². The lowest BCUT2D eigenvalue weighted by molar-refractivity contribution is -0.123. The summed E-state index contributed by atoms with van der Waals surface area (Å²) in [5, 5.41) is 6.47. The largest absolute Gasteiger partial charge is 0.354 e. The molecule has 0 spiro atoms. The lowest BCUT2D eigenvalue weighted by Crippen LogP contribution is -2.42. The molecule has 19 heavy (non-hydrogen) atoms. The minimum absolute atomic E-state index is 0.138. The van der Waals surface area contributed by atoms with Gasteiger partial charge in [0.05, 0.1) is 0 Å². The number of amides is 1. The monoisotopic (exact) mass is 258 g/mol. The van der Waals surface area contributed by atoms with E-state index in [0.29, 0.717) is 5.92 Å². The van der Waals surface area contributed by atoms with Crippen LogP contribution in [0.1, 0.15) is 42.9 Å². The number of carbonyl (C=O) groups excluding carboxylic acids is 1. The predicted molar refractivity (Wildman–Crippen MR) is 75.9 cm³/mol. The molecule has 0 bridgehead atoms. The highest BCUT2D eigenvalue weighted by molar-refractivity contribution is 5.83. The van der Waals surface area contributed by atoms with E-state index in [1.54, 1.807) is 0 Å². The van der Waals surface area contributed by atoms with E-state index >= 15 is 0 Å². The van der Waals surface area contributed by atoms with Gasteiger partial charge in [-0.25, -0.2) is 0 Å². The van der Waals surface area contributed by atoms with Gasteiger partial charge in [-0.3, -0.25) is 4.79 Å². The quantitative estimate of drug-likeness (QED) is 0.872. The van der Waals surface area contributed by atoms with Crippen LogP contribution in [0.3, 0.4) is 0 Å².